The van der Waals surface area contributed by atoms with Crippen molar-refractivity contribution in [1.29, 1.82) is 0 Å². The van der Waals surface area contributed by atoms with Crippen LogP contribution in [-0.4, -0.2) is 62.3 Å². The van der Waals surface area contributed by atoms with Crippen LogP contribution in [0.25, 0.3) is 33.4 Å². The number of fused-ring (bicyclic) bond motifs is 1. The van der Waals surface area contributed by atoms with E-state index in [4.69, 9.17) is 9.15 Å². The van der Waals surface area contributed by atoms with E-state index in [0.717, 1.165) is 0 Å². The maximum atomic E-state index is 13.5. The Labute approximate surface area is 300 Å². The Hall–Kier alpha value is -5.28. The van der Waals surface area contributed by atoms with E-state index in [1.165, 1.54) is 44.5 Å². The van der Waals surface area contributed by atoms with E-state index in [0.29, 0.717) is 63.9 Å². The number of halogens is 6. The van der Waals surface area contributed by atoms with Crippen molar-refractivity contribution >= 4 is 23.2 Å². The number of methoxy groups -OCH3 is 1. The number of nitrogens with one attached hydrogen (secondary N) is 2. The Balaban J connectivity index is 0.000000281. The van der Waals surface area contributed by atoms with E-state index in [1.807, 2.05) is 0 Å². The lowest BCUT2D eigenvalue weighted by Crippen LogP contribution is -2.55. The summed E-state index contributed by atoms with van der Waals surface area (Å²) in [4.78, 5) is 32.9. The molecular formula is C38H36F6N4O5. The number of nitrogens with zero attached hydrogens (tertiary/aromatic N) is 2. The molecule has 1 aliphatic carbocycles. The van der Waals surface area contributed by atoms with Gasteiger partial charge >= 0.3 is 12.8 Å². The molecule has 3 aromatic carbocycles. The Morgan fingerprint density at radius 1 is 1.06 bits per heavy atom. The fourth-order valence-electron chi connectivity index (χ4n) is 6.34. The maximum Gasteiger partial charge on any atom is 0.389 e. The van der Waals surface area contributed by atoms with Crippen molar-refractivity contribution in [3.63, 3.8) is 0 Å². The molecule has 0 saturated heterocycles. The summed E-state index contributed by atoms with van der Waals surface area (Å²) in [6.45, 7) is -0.958. The number of aromatic nitrogens is 2. The predicted molar refractivity (Wildman–Crippen MR) is 184 cm³/mol. The highest BCUT2D eigenvalue weighted by Crippen LogP contribution is 2.42. The first-order chi connectivity index (χ1) is 25.2. The molecule has 0 unspecified atom stereocenters. The molecule has 2 aromatic heterocycles. The van der Waals surface area contributed by atoms with Crippen LogP contribution < -0.4 is 15.4 Å². The van der Waals surface area contributed by atoms with Crippen LogP contribution in [0.3, 0.4) is 0 Å². The van der Waals surface area contributed by atoms with Crippen molar-refractivity contribution in [2.45, 2.75) is 57.0 Å². The number of furan rings is 1. The summed E-state index contributed by atoms with van der Waals surface area (Å²) in [6, 6.07) is 13.3. The predicted octanol–water partition coefficient (Wildman–Crippen LogP) is 8.18. The maximum absolute atomic E-state index is 13.5. The number of aldehydes is 1. The molecule has 0 atom stereocenters. The summed E-state index contributed by atoms with van der Waals surface area (Å²) in [5.74, 6) is 0.174. The summed E-state index contributed by atoms with van der Waals surface area (Å²) >= 11 is 0. The highest BCUT2D eigenvalue weighted by molar-refractivity contribution is 6.12. The van der Waals surface area contributed by atoms with Crippen LogP contribution >= 0.6 is 0 Å². The Bertz CT molecular complexity index is 2060. The van der Waals surface area contributed by atoms with Crippen molar-refractivity contribution in [3.05, 3.63) is 101 Å². The standard InChI is InChI=1S/C28H23F4NO4.C10H13F2N3O/c1-15-10-23(36-3)18(14-34)11-20(15)21-13-22-24(12-17(21)8-9-28(30,31)32)37-26(25(22)27(35)33-2)16-4-6-19(29)7-5-16;1-13-10(8-14-3-2-4-15-8)5-7(6-10)16-9(11)12/h4-7,10-14H,8-9H2,1-3H3,(H,33,35);2-4,7,9,13H,5-6H2,1H3. The number of carbonyl (C=O) groups excluding carboxylic acids is 2. The average molecular weight is 743 g/mol. The summed E-state index contributed by atoms with van der Waals surface area (Å²) in [5.41, 5.74) is 2.56. The van der Waals surface area contributed by atoms with Crippen LogP contribution in [0.2, 0.25) is 0 Å². The third-order valence-corrected chi connectivity index (χ3v) is 9.07. The van der Waals surface area contributed by atoms with E-state index < -0.39 is 42.6 Å². The van der Waals surface area contributed by atoms with Crippen LogP contribution in [0, 0.1) is 12.7 Å². The molecule has 280 valence electrons. The van der Waals surface area contributed by atoms with Crippen LogP contribution in [0.5, 0.6) is 5.75 Å². The quantitative estimate of drug-likeness (QED) is 0.103. The lowest BCUT2D eigenvalue weighted by atomic mass is 9.73. The highest BCUT2D eigenvalue weighted by Gasteiger charge is 2.48. The van der Waals surface area contributed by atoms with Gasteiger partial charge in [0.15, 0.2) is 6.29 Å². The second-order valence-corrected chi connectivity index (χ2v) is 12.4. The number of rotatable bonds is 11. The number of benzene rings is 3. The van der Waals surface area contributed by atoms with Gasteiger partial charge in [0.2, 0.25) is 0 Å². The van der Waals surface area contributed by atoms with Crippen molar-refractivity contribution in [1.82, 2.24) is 20.6 Å². The Kier molecular flexibility index (Phi) is 11.9. The Morgan fingerprint density at radius 3 is 2.30 bits per heavy atom. The molecule has 0 aliphatic heterocycles. The summed E-state index contributed by atoms with van der Waals surface area (Å²) in [6.07, 6.45) is -1.41. The first kappa shape index (κ1) is 38.9. The molecule has 53 heavy (non-hydrogen) atoms. The molecule has 1 aliphatic rings. The molecule has 1 saturated carbocycles. The SMILES string of the molecule is CNC(=O)c1c(-c2ccc(F)cc2)oc2cc(CCC(F)(F)F)c(-c3cc(C=O)c(OC)cc3C)cc12.CNC1(c2ncccn2)CC(OC(F)F)C1. The largest absolute Gasteiger partial charge is 0.496 e. The lowest BCUT2D eigenvalue weighted by molar-refractivity contribution is -0.199. The minimum absolute atomic E-state index is 0.160. The van der Waals surface area contributed by atoms with Crippen molar-refractivity contribution in [2.75, 3.05) is 21.2 Å². The number of ether oxygens (including phenoxy) is 2. The number of amides is 1. The number of hydrogen-bond acceptors (Lipinski definition) is 8. The van der Waals surface area contributed by atoms with Crippen LogP contribution in [-0.2, 0) is 16.7 Å². The van der Waals surface area contributed by atoms with Gasteiger partial charge in [0.1, 0.15) is 28.7 Å². The summed E-state index contributed by atoms with van der Waals surface area (Å²) in [7, 11) is 4.63. The molecule has 0 bridgehead atoms. The van der Waals surface area contributed by atoms with Crippen LogP contribution in [0.15, 0.2) is 71.4 Å². The summed E-state index contributed by atoms with van der Waals surface area (Å²) < 4.78 is 92.7. The van der Waals surface area contributed by atoms with E-state index in [-0.39, 0.29) is 28.9 Å². The van der Waals surface area contributed by atoms with E-state index in [9.17, 15) is 35.9 Å². The number of hydrogen-bond donors (Lipinski definition) is 2. The van der Waals surface area contributed by atoms with Gasteiger partial charge in [-0.25, -0.2) is 14.4 Å². The molecule has 9 nitrogen and oxygen atoms in total. The molecule has 2 heterocycles. The smallest absolute Gasteiger partial charge is 0.389 e. The fraction of sp³-hybridized carbons (Fsp3) is 0.316. The van der Waals surface area contributed by atoms with Crippen molar-refractivity contribution in [2.24, 2.45) is 0 Å². The van der Waals surface area contributed by atoms with Gasteiger partial charge in [-0.15, -0.1) is 0 Å². The summed E-state index contributed by atoms with van der Waals surface area (Å²) in [5, 5.41) is 6.01. The van der Waals surface area contributed by atoms with Gasteiger partial charge in [0, 0.05) is 36.8 Å². The second-order valence-electron chi connectivity index (χ2n) is 12.4. The zero-order chi connectivity index (χ0) is 38.5. The zero-order valence-corrected chi connectivity index (χ0v) is 29.1. The van der Waals surface area contributed by atoms with Gasteiger partial charge in [-0.1, -0.05) is 0 Å². The molecule has 6 rings (SSSR count). The van der Waals surface area contributed by atoms with Gasteiger partial charge in [-0.05, 0) is 110 Å². The third-order valence-electron chi connectivity index (χ3n) is 9.07. The van der Waals surface area contributed by atoms with Gasteiger partial charge in [0.25, 0.3) is 5.91 Å². The molecular weight excluding hydrogens is 706 g/mol. The minimum Gasteiger partial charge on any atom is -0.496 e. The molecule has 0 radical (unpaired) electrons. The number of alkyl halides is 5. The highest BCUT2D eigenvalue weighted by atomic mass is 19.4. The first-order valence-corrected chi connectivity index (χ1v) is 16.4. The fourth-order valence-corrected chi connectivity index (χ4v) is 6.34. The minimum atomic E-state index is -4.40. The average Bonchev–Trinajstić information content (AvgIpc) is 3.50. The molecule has 1 fully saturated rings. The first-order valence-electron chi connectivity index (χ1n) is 16.4. The van der Waals surface area contributed by atoms with Crippen LogP contribution in [0.1, 0.15) is 56.9 Å². The van der Waals surface area contributed by atoms with Crippen LogP contribution in [0.4, 0.5) is 26.3 Å². The van der Waals surface area contributed by atoms with Gasteiger partial charge in [0.05, 0.1) is 29.9 Å². The van der Waals surface area contributed by atoms with Crippen molar-refractivity contribution in [3.8, 4) is 28.2 Å². The molecule has 0 spiro atoms. The number of carbonyl (C=O) groups is 2. The Morgan fingerprint density at radius 2 is 1.74 bits per heavy atom. The van der Waals surface area contributed by atoms with E-state index in [1.54, 1.807) is 50.6 Å². The lowest BCUT2D eigenvalue weighted by Gasteiger charge is -2.45. The van der Waals surface area contributed by atoms with Crippen molar-refractivity contribution < 1.29 is 49.8 Å². The van der Waals surface area contributed by atoms with E-state index >= 15 is 0 Å². The normalized spacial score (nSPS) is 16.8. The third kappa shape index (κ3) is 8.69. The van der Waals surface area contributed by atoms with Gasteiger partial charge in [-0.3, -0.25) is 9.59 Å². The number of aryl methyl sites for hydroxylation is 2. The van der Waals surface area contributed by atoms with E-state index in [2.05, 4.69) is 25.3 Å². The topological polar surface area (TPSA) is 116 Å². The zero-order valence-electron chi connectivity index (χ0n) is 29.1. The molecule has 5 aromatic rings. The second kappa shape index (κ2) is 16.2. The molecule has 1 amide bonds. The molecule has 2 N–H and O–H groups in total. The van der Waals surface area contributed by atoms with Gasteiger partial charge < -0.3 is 24.5 Å². The monoisotopic (exact) mass is 742 g/mol. The van der Waals surface area contributed by atoms with Gasteiger partial charge in [-0.2, -0.15) is 22.0 Å². The molecule has 15 heteroatoms.